The molecule has 0 radical (unpaired) electrons. The van der Waals surface area contributed by atoms with Crippen LogP contribution in [-0.2, 0) is 11.2 Å². The number of halogens is 1. The lowest BCUT2D eigenvalue weighted by Crippen LogP contribution is -1.92. The van der Waals surface area contributed by atoms with E-state index >= 15 is 0 Å². The molecule has 16 heavy (non-hydrogen) atoms. The van der Waals surface area contributed by atoms with Crippen molar-refractivity contribution in [2.45, 2.75) is 12.5 Å². The van der Waals surface area contributed by atoms with Crippen molar-refractivity contribution in [2.24, 2.45) is 0 Å². The van der Waals surface area contributed by atoms with E-state index in [1.807, 2.05) is 0 Å². The molecule has 2 heterocycles. The van der Waals surface area contributed by atoms with Crippen molar-refractivity contribution in [3.05, 3.63) is 40.9 Å². The SMILES string of the molecule is Brc1nc(-c2ccc(CC3CO3)cc2)co1. The normalized spacial score (nSPS) is 18.7. The highest BCUT2D eigenvalue weighted by Gasteiger charge is 2.22. The quantitative estimate of drug-likeness (QED) is 0.811. The number of hydrogen-bond acceptors (Lipinski definition) is 3. The molecule has 0 N–H and O–H groups in total. The average Bonchev–Trinajstić information content (AvgIpc) is 3.00. The Labute approximate surface area is 102 Å². The summed E-state index contributed by atoms with van der Waals surface area (Å²) in [6, 6.07) is 8.34. The van der Waals surface area contributed by atoms with Gasteiger partial charge in [0.15, 0.2) is 0 Å². The third-order valence-corrected chi connectivity index (χ3v) is 2.96. The van der Waals surface area contributed by atoms with E-state index in [1.54, 1.807) is 6.26 Å². The van der Waals surface area contributed by atoms with Crippen LogP contribution in [-0.4, -0.2) is 17.7 Å². The predicted molar refractivity (Wildman–Crippen MR) is 63.1 cm³/mol. The third kappa shape index (κ3) is 2.18. The summed E-state index contributed by atoms with van der Waals surface area (Å²) in [5.41, 5.74) is 3.21. The fourth-order valence-corrected chi connectivity index (χ4v) is 1.93. The fourth-order valence-electron chi connectivity index (χ4n) is 1.64. The molecule has 0 aliphatic carbocycles. The number of oxazole rings is 1. The minimum absolute atomic E-state index is 0.437. The third-order valence-electron chi connectivity index (χ3n) is 2.59. The summed E-state index contributed by atoms with van der Waals surface area (Å²) in [5.74, 6) is 0. The van der Waals surface area contributed by atoms with Crippen LogP contribution in [0.3, 0.4) is 0 Å². The molecule has 82 valence electrons. The van der Waals surface area contributed by atoms with E-state index in [1.165, 1.54) is 5.56 Å². The average molecular weight is 280 g/mol. The Morgan fingerprint density at radius 3 is 2.62 bits per heavy atom. The topological polar surface area (TPSA) is 38.6 Å². The van der Waals surface area contributed by atoms with Crippen LogP contribution >= 0.6 is 15.9 Å². The molecule has 1 aromatic carbocycles. The van der Waals surface area contributed by atoms with Crippen molar-refractivity contribution in [2.75, 3.05) is 6.61 Å². The van der Waals surface area contributed by atoms with Gasteiger partial charge in [-0.3, -0.25) is 0 Å². The second-order valence-electron chi connectivity index (χ2n) is 3.84. The summed E-state index contributed by atoms with van der Waals surface area (Å²) in [4.78, 5) is 4.72. The lowest BCUT2D eigenvalue weighted by molar-refractivity contribution is 0.407. The van der Waals surface area contributed by atoms with Gasteiger partial charge < -0.3 is 9.15 Å². The Morgan fingerprint density at radius 1 is 1.31 bits per heavy atom. The van der Waals surface area contributed by atoms with Crippen LogP contribution in [0.15, 0.2) is 39.7 Å². The standard InChI is InChI=1S/C12H10BrNO2/c13-12-14-11(7-16-12)9-3-1-8(2-4-9)5-10-6-15-10/h1-4,7,10H,5-6H2. The number of epoxide rings is 1. The Kier molecular flexibility index (Phi) is 2.53. The molecular weight excluding hydrogens is 270 g/mol. The van der Waals surface area contributed by atoms with Crippen LogP contribution in [0.2, 0.25) is 0 Å². The number of aromatic nitrogens is 1. The van der Waals surface area contributed by atoms with Gasteiger partial charge in [-0.25, -0.2) is 4.98 Å². The first-order valence-electron chi connectivity index (χ1n) is 5.13. The molecular formula is C12H10BrNO2. The van der Waals surface area contributed by atoms with Crippen molar-refractivity contribution in [1.29, 1.82) is 0 Å². The van der Waals surface area contributed by atoms with Crippen LogP contribution in [0, 0.1) is 0 Å². The van der Waals surface area contributed by atoms with E-state index in [0.717, 1.165) is 24.3 Å². The van der Waals surface area contributed by atoms with Crippen molar-refractivity contribution in [3.63, 3.8) is 0 Å². The lowest BCUT2D eigenvalue weighted by Gasteiger charge is -1.99. The van der Waals surface area contributed by atoms with Gasteiger partial charge in [-0.2, -0.15) is 0 Å². The fraction of sp³-hybridized carbons (Fsp3) is 0.250. The van der Waals surface area contributed by atoms with E-state index in [9.17, 15) is 0 Å². The number of rotatable bonds is 3. The molecule has 1 aromatic heterocycles. The first kappa shape index (κ1) is 10.1. The second kappa shape index (κ2) is 4.03. The summed E-state index contributed by atoms with van der Waals surface area (Å²) in [5, 5.41) is 0. The van der Waals surface area contributed by atoms with Gasteiger partial charge in [0.1, 0.15) is 12.0 Å². The summed E-state index contributed by atoms with van der Waals surface area (Å²) in [7, 11) is 0. The van der Waals surface area contributed by atoms with Crippen LogP contribution in [0.5, 0.6) is 0 Å². The molecule has 0 spiro atoms. The monoisotopic (exact) mass is 279 g/mol. The van der Waals surface area contributed by atoms with Crippen molar-refractivity contribution < 1.29 is 9.15 Å². The molecule has 1 saturated heterocycles. The van der Waals surface area contributed by atoms with E-state index < -0.39 is 0 Å². The molecule has 4 heteroatoms. The predicted octanol–water partition coefficient (Wildman–Crippen LogP) is 3.05. The van der Waals surface area contributed by atoms with Gasteiger partial charge in [-0.05, 0) is 5.56 Å². The molecule has 0 amide bonds. The minimum Gasteiger partial charge on any atom is -0.439 e. The summed E-state index contributed by atoms with van der Waals surface area (Å²) in [6.45, 7) is 0.901. The van der Waals surface area contributed by atoms with Gasteiger partial charge >= 0.3 is 0 Å². The molecule has 3 rings (SSSR count). The van der Waals surface area contributed by atoms with Gasteiger partial charge in [0.2, 0.25) is 0 Å². The highest BCUT2D eigenvalue weighted by Crippen LogP contribution is 2.23. The zero-order chi connectivity index (χ0) is 11.0. The Morgan fingerprint density at radius 2 is 2.06 bits per heavy atom. The van der Waals surface area contributed by atoms with E-state index in [2.05, 4.69) is 45.2 Å². The summed E-state index contributed by atoms with van der Waals surface area (Å²) < 4.78 is 10.3. The first-order chi connectivity index (χ1) is 7.81. The van der Waals surface area contributed by atoms with Gasteiger partial charge in [0, 0.05) is 27.9 Å². The maximum absolute atomic E-state index is 5.20. The van der Waals surface area contributed by atoms with E-state index in [-0.39, 0.29) is 0 Å². The molecule has 1 unspecified atom stereocenters. The number of nitrogens with zero attached hydrogens (tertiary/aromatic N) is 1. The lowest BCUT2D eigenvalue weighted by atomic mass is 10.1. The summed E-state index contributed by atoms with van der Waals surface area (Å²) >= 11 is 3.19. The van der Waals surface area contributed by atoms with Crippen molar-refractivity contribution >= 4 is 15.9 Å². The smallest absolute Gasteiger partial charge is 0.264 e. The van der Waals surface area contributed by atoms with Crippen LogP contribution in [0.1, 0.15) is 5.56 Å². The highest BCUT2D eigenvalue weighted by molar-refractivity contribution is 9.10. The molecule has 3 nitrogen and oxygen atoms in total. The molecule has 2 aromatic rings. The van der Waals surface area contributed by atoms with Crippen LogP contribution < -0.4 is 0 Å². The Balaban J connectivity index is 1.80. The largest absolute Gasteiger partial charge is 0.439 e. The minimum atomic E-state index is 0.437. The van der Waals surface area contributed by atoms with Gasteiger partial charge in [-0.1, -0.05) is 24.3 Å². The van der Waals surface area contributed by atoms with Gasteiger partial charge in [0.05, 0.1) is 12.7 Å². The van der Waals surface area contributed by atoms with E-state index in [0.29, 0.717) is 10.9 Å². The molecule has 1 aliphatic rings. The van der Waals surface area contributed by atoms with Gasteiger partial charge in [-0.15, -0.1) is 0 Å². The number of ether oxygens (including phenoxy) is 1. The molecule has 1 aliphatic heterocycles. The zero-order valence-electron chi connectivity index (χ0n) is 8.52. The van der Waals surface area contributed by atoms with E-state index in [4.69, 9.17) is 9.15 Å². The Bertz CT molecular complexity index is 488. The maximum Gasteiger partial charge on any atom is 0.264 e. The molecule has 0 bridgehead atoms. The maximum atomic E-state index is 5.20. The number of benzene rings is 1. The molecule has 1 fully saturated rings. The Hall–Kier alpha value is -1.13. The second-order valence-corrected chi connectivity index (χ2v) is 4.52. The summed E-state index contributed by atoms with van der Waals surface area (Å²) in [6.07, 6.45) is 3.08. The molecule has 1 atom stereocenters. The van der Waals surface area contributed by atoms with Crippen molar-refractivity contribution in [3.8, 4) is 11.3 Å². The van der Waals surface area contributed by atoms with Crippen molar-refractivity contribution in [1.82, 2.24) is 4.98 Å². The van der Waals surface area contributed by atoms with Gasteiger partial charge in [0.25, 0.3) is 4.80 Å². The first-order valence-corrected chi connectivity index (χ1v) is 5.92. The zero-order valence-corrected chi connectivity index (χ0v) is 10.1. The highest BCUT2D eigenvalue weighted by atomic mass is 79.9. The number of hydrogen-bond donors (Lipinski definition) is 0. The molecule has 0 saturated carbocycles. The van der Waals surface area contributed by atoms with Crippen LogP contribution in [0.25, 0.3) is 11.3 Å². The van der Waals surface area contributed by atoms with Crippen LogP contribution in [0.4, 0.5) is 0 Å².